The molecule has 1 aromatic heterocycles. The molecule has 0 radical (unpaired) electrons. The van der Waals surface area contributed by atoms with Gasteiger partial charge in [0.2, 0.25) is 0 Å². The van der Waals surface area contributed by atoms with Gasteiger partial charge in [-0.15, -0.1) is 0 Å². The normalized spacial score (nSPS) is 11.4. The maximum absolute atomic E-state index is 12.0. The topological polar surface area (TPSA) is 30.2 Å². The highest BCUT2D eigenvalue weighted by Crippen LogP contribution is 2.21. The van der Waals surface area contributed by atoms with E-state index in [0.29, 0.717) is 22.8 Å². The second-order valence-corrected chi connectivity index (χ2v) is 3.76. The SMILES string of the molecule is [2H]c1ccc2oc(-c3ccccc3)cc(=O)c2c1. The van der Waals surface area contributed by atoms with Gasteiger partial charge in [-0.05, 0) is 12.1 Å². The third-order valence-electron chi connectivity index (χ3n) is 2.63. The van der Waals surface area contributed by atoms with Gasteiger partial charge in [0.25, 0.3) is 0 Å². The van der Waals surface area contributed by atoms with Crippen molar-refractivity contribution in [2.75, 3.05) is 0 Å². The third-order valence-corrected chi connectivity index (χ3v) is 2.63. The van der Waals surface area contributed by atoms with Crippen LogP contribution in [0.25, 0.3) is 22.3 Å². The summed E-state index contributed by atoms with van der Waals surface area (Å²) >= 11 is 0. The average Bonchev–Trinajstić information content (AvgIpc) is 2.40. The standard InChI is InChI=1S/C15H10O2/c16-13-10-15(11-6-2-1-3-7-11)17-14-9-5-4-8-12(13)14/h1-10H/i4D. The Morgan fingerprint density at radius 1 is 1.00 bits per heavy atom. The van der Waals surface area contributed by atoms with E-state index in [-0.39, 0.29) is 5.43 Å². The molecule has 0 saturated carbocycles. The number of rotatable bonds is 1. The first-order valence-corrected chi connectivity index (χ1v) is 5.34. The fraction of sp³-hybridized carbons (Fsp3) is 0. The smallest absolute Gasteiger partial charge is 0.193 e. The lowest BCUT2D eigenvalue weighted by molar-refractivity contribution is 0.619. The minimum absolute atomic E-state index is 0.121. The van der Waals surface area contributed by atoms with Crippen molar-refractivity contribution in [1.82, 2.24) is 0 Å². The van der Waals surface area contributed by atoms with E-state index in [0.717, 1.165) is 5.56 Å². The summed E-state index contributed by atoms with van der Waals surface area (Å²) in [5.74, 6) is 0.547. The molecule has 0 amide bonds. The minimum Gasteiger partial charge on any atom is -0.456 e. The Morgan fingerprint density at radius 3 is 2.65 bits per heavy atom. The second-order valence-electron chi connectivity index (χ2n) is 3.76. The lowest BCUT2D eigenvalue weighted by Crippen LogP contribution is -1.99. The number of benzene rings is 2. The van der Waals surface area contributed by atoms with E-state index in [4.69, 9.17) is 5.79 Å². The zero-order valence-corrected chi connectivity index (χ0v) is 9.01. The molecule has 0 fully saturated rings. The Bertz CT molecular complexity index is 760. The first-order chi connectivity index (χ1) is 8.74. The molecule has 2 heteroatoms. The Morgan fingerprint density at radius 2 is 1.82 bits per heavy atom. The maximum atomic E-state index is 12.0. The van der Waals surface area contributed by atoms with Crippen molar-refractivity contribution in [2.24, 2.45) is 0 Å². The largest absolute Gasteiger partial charge is 0.456 e. The monoisotopic (exact) mass is 223 g/mol. The molecule has 3 rings (SSSR count). The Kier molecular flexibility index (Phi) is 2.01. The molecule has 82 valence electrons. The highest BCUT2D eigenvalue weighted by molar-refractivity contribution is 5.78. The zero-order valence-electron chi connectivity index (χ0n) is 10.0. The van der Waals surface area contributed by atoms with E-state index in [1.54, 1.807) is 12.1 Å². The molecule has 3 aromatic rings. The van der Waals surface area contributed by atoms with Crippen LogP contribution in [0.4, 0.5) is 0 Å². The van der Waals surface area contributed by atoms with E-state index >= 15 is 0 Å². The van der Waals surface area contributed by atoms with E-state index < -0.39 is 0 Å². The highest BCUT2D eigenvalue weighted by Gasteiger charge is 2.05. The summed E-state index contributed by atoms with van der Waals surface area (Å²) in [5, 5.41) is 0.446. The van der Waals surface area contributed by atoms with Gasteiger partial charge in [0.15, 0.2) is 5.43 Å². The van der Waals surface area contributed by atoms with Crippen molar-refractivity contribution in [3.05, 3.63) is 70.9 Å². The van der Waals surface area contributed by atoms with E-state index in [1.165, 1.54) is 12.1 Å². The zero-order chi connectivity index (χ0) is 12.5. The molecule has 0 aliphatic carbocycles. The Balaban J connectivity index is 2.29. The average molecular weight is 223 g/mol. The van der Waals surface area contributed by atoms with Crippen LogP contribution in [-0.4, -0.2) is 0 Å². The van der Waals surface area contributed by atoms with Gasteiger partial charge in [-0.2, -0.15) is 0 Å². The fourth-order valence-electron chi connectivity index (χ4n) is 1.79. The molecular weight excluding hydrogens is 212 g/mol. The van der Waals surface area contributed by atoms with Crippen LogP contribution in [0.2, 0.25) is 0 Å². The molecule has 0 unspecified atom stereocenters. The van der Waals surface area contributed by atoms with Crippen LogP contribution in [0.5, 0.6) is 0 Å². The fourth-order valence-corrected chi connectivity index (χ4v) is 1.79. The van der Waals surface area contributed by atoms with Crippen LogP contribution in [0, 0.1) is 0 Å². The van der Waals surface area contributed by atoms with Crippen LogP contribution in [0.15, 0.2) is 69.9 Å². The van der Waals surface area contributed by atoms with Crippen molar-refractivity contribution in [1.29, 1.82) is 0 Å². The quantitative estimate of drug-likeness (QED) is 0.632. The number of para-hydroxylation sites is 1. The predicted molar refractivity (Wildman–Crippen MR) is 67.9 cm³/mol. The molecule has 2 aromatic carbocycles. The van der Waals surface area contributed by atoms with Gasteiger partial charge < -0.3 is 4.42 Å². The Labute approximate surface area is 99.5 Å². The summed E-state index contributed by atoms with van der Waals surface area (Å²) < 4.78 is 13.2. The molecule has 0 atom stereocenters. The summed E-state index contributed by atoms with van der Waals surface area (Å²) in [6, 6.07) is 16.1. The van der Waals surface area contributed by atoms with Gasteiger partial charge in [-0.3, -0.25) is 4.79 Å². The number of hydrogen-bond acceptors (Lipinski definition) is 2. The molecule has 0 saturated heterocycles. The summed E-state index contributed by atoms with van der Waals surface area (Å²) in [4.78, 5) is 12.0. The van der Waals surface area contributed by atoms with Crippen molar-refractivity contribution in [3.63, 3.8) is 0 Å². The predicted octanol–water partition coefficient (Wildman–Crippen LogP) is 3.46. The molecule has 2 nitrogen and oxygen atoms in total. The first-order valence-electron chi connectivity index (χ1n) is 5.84. The molecule has 0 aliphatic rings. The summed E-state index contributed by atoms with van der Waals surface area (Å²) in [5.41, 5.74) is 1.26. The first kappa shape index (κ1) is 8.76. The lowest BCUT2D eigenvalue weighted by atomic mass is 10.1. The molecular formula is C15H10O2. The third kappa shape index (κ3) is 1.74. The van der Waals surface area contributed by atoms with Crippen LogP contribution < -0.4 is 5.43 Å². The van der Waals surface area contributed by atoms with Gasteiger partial charge in [-0.1, -0.05) is 42.4 Å². The summed E-state index contributed by atoms with van der Waals surface area (Å²) in [7, 11) is 0. The number of fused-ring (bicyclic) bond motifs is 1. The number of hydrogen-bond donors (Lipinski definition) is 0. The van der Waals surface area contributed by atoms with Crippen LogP contribution >= 0.6 is 0 Å². The van der Waals surface area contributed by atoms with Crippen molar-refractivity contribution >= 4 is 11.0 Å². The molecule has 17 heavy (non-hydrogen) atoms. The second kappa shape index (κ2) is 3.91. The lowest BCUT2D eigenvalue weighted by Gasteiger charge is -2.02. The summed E-state index contributed by atoms with van der Waals surface area (Å²) in [6.45, 7) is 0. The van der Waals surface area contributed by atoms with E-state index in [2.05, 4.69) is 0 Å². The van der Waals surface area contributed by atoms with Gasteiger partial charge in [0, 0.05) is 11.6 Å². The van der Waals surface area contributed by atoms with Gasteiger partial charge in [0.1, 0.15) is 11.3 Å². The van der Waals surface area contributed by atoms with Gasteiger partial charge in [0.05, 0.1) is 6.76 Å². The molecule has 0 N–H and O–H groups in total. The van der Waals surface area contributed by atoms with Gasteiger partial charge >= 0.3 is 0 Å². The molecule has 0 bridgehead atoms. The summed E-state index contributed by atoms with van der Waals surface area (Å²) in [6.07, 6.45) is 0. The van der Waals surface area contributed by atoms with Crippen LogP contribution in [0.1, 0.15) is 1.37 Å². The highest BCUT2D eigenvalue weighted by atomic mass is 16.3. The van der Waals surface area contributed by atoms with E-state index in [1.807, 2.05) is 30.3 Å². The van der Waals surface area contributed by atoms with Crippen LogP contribution in [0.3, 0.4) is 0 Å². The van der Waals surface area contributed by atoms with E-state index in [9.17, 15) is 4.79 Å². The van der Waals surface area contributed by atoms with Crippen molar-refractivity contribution < 1.29 is 5.79 Å². The molecule has 1 heterocycles. The van der Waals surface area contributed by atoms with Crippen LogP contribution in [-0.2, 0) is 0 Å². The Hall–Kier alpha value is -2.35. The maximum Gasteiger partial charge on any atom is 0.193 e. The van der Waals surface area contributed by atoms with Crippen molar-refractivity contribution in [3.8, 4) is 11.3 Å². The minimum atomic E-state index is -0.121. The van der Waals surface area contributed by atoms with Crippen molar-refractivity contribution in [2.45, 2.75) is 0 Å². The molecule has 0 aliphatic heterocycles. The van der Waals surface area contributed by atoms with Gasteiger partial charge in [-0.25, -0.2) is 0 Å². The molecule has 0 spiro atoms.